The zero-order chi connectivity index (χ0) is 11.0. The van der Waals surface area contributed by atoms with Crippen molar-refractivity contribution in [3.8, 4) is 0 Å². The number of H-pyrrole nitrogens is 1. The molecule has 0 atom stereocenters. The Morgan fingerprint density at radius 1 is 1.38 bits per heavy atom. The van der Waals surface area contributed by atoms with Crippen LogP contribution in [0.15, 0.2) is 18.2 Å². The van der Waals surface area contributed by atoms with Gasteiger partial charge in [-0.2, -0.15) is 5.10 Å². The highest BCUT2D eigenvalue weighted by atomic mass is 15.1. The summed E-state index contributed by atoms with van der Waals surface area (Å²) < 4.78 is 0. The van der Waals surface area contributed by atoms with Crippen LogP contribution in [-0.4, -0.2) is 16.7 Å². The van der Waals surface area contributed by atoms with Gasteiger partial charge in [0.25, 0.3) is 0 Å². The predicted molar refractivity (Wildman–Crippen MR) is 65.4 cm³/mol. The number of nitrogens with zero attached hydrogens (tertiary/aromatic N) is 1. The maximum absolute atomic E-state index is 5.66. The van der Waals surface area contributed by atoms with Gasteiger partial charge in [0.05, 0.1) is 5.52 Å². The molecule has 1 aromatic carbocycles. The second-order valence-corrected chi connectivity index (χ2v) is 4.62. The van der Waals surface area contributed by atoms with E-state index in [2.05, 4.69) is 28.4 Å². The number of nitrogens with two attached hydrogens (primary N) is 1. The summed E-state index contributed by atoms with van der Waals surface area (Å²) in [5.41, 5.74) is 9.43. The molecule has 16 heavy (non-hydrogen) atoms. The van der Waals surface area contributed by atoms with E-state index in [1.54, 1.807) is 0 Å². The SMILES string of the molecule is NCCc1cccc2n[nH]c(C3CCC3)c12. The van der Waals surface area contributed by atoms with Crippen LogP contribution >= 0.6 is 0 Å². The summed E-state index contributed by atoms with van der Waals surface area (Å²) in [7, 11) is 0. The Labute approximate surface area is 95.0 Å². The molecule has 3 N–H and O–H groups in total. The Morgan fingerprint density at radius 2 is 2.25 bits per heavy atom. The van der Waals surface area contributed by atoms with E-state index in [0.29, 0.717) is 12.5 Å². The summed E-state index contributed by atoms with van der Waals surface area (Å²) in [4.78, 5) is 0. The molecule has 0 unspecified atom stereocenters. The molecule has 1 saturated carbocycles. The molecular formula is C13H17N3. The molecule has 3 rings (SSSR count). The highest BCUT2D eigenvalue weighted by molar-refractivity contribution is 5.85. The molecule has 0 aliphatic heterocycles. The van der Waals surface area contributed by atoms with Gasteiger partial charge in [-0.25, -0.2) is 0 Å². The minimum atomic E-state index is 0.698. The van der Waals surface area contributed by atoms with E-state index in [4.69, 9.17) is 5.73 Å². The van der Waals surface area contributed by atoms with Gasteiger partial charge in [-0.15, -0.1) is 0 Å². The lowest BCUT2D eigenvalue weighted by atomic mass is 9.81. The fraction of sp³-hybridized carbons (Fsp3) is 0.462. The average molecular weight is 215 g/mol. The second kappa shape index (κ2) is 3.91. The van der Waals surface area contributed by atoms with E-state index < -0.39 is 0 Å². The third-order valence-corrected chi connectivity index (χ3v) is 3.62. The Morgan fingerprint density at radius 3 is 2.94 bits per heavy atom. The molecule has 0 bridgehead atoms. The first kappa shape index (κ1) is 9.85. The molecule has 2 aromatic rings. The third-order valence-electron chi connectivity index (χ3n) is 3.62. The van der Waals surface area contributed by atoms with Crippen molar-refractivity contribution < 1.29 is 0 Å². The number of fused-ring (bicyclic) bond motifs is 1. The highest BCUT2D eigenvalue weighted by Gasteiger charge is 2.24. The fourth-order valence-electron chi connectivity index (χ4n) is 2.52. The van der Waals surface area contributed by atoms with E-state index in [-0.39, 0.29) is 0 Å². The smallest absolute Gasteiger partial charge is 0.0926 e. The molecule has 0 amide bonds. The predicted octanol–water partition coefficient (Wildman–Crippen LogP) is 2.33. The Bertz CT molecular complexity index is 497. The Balaban J connectivity index is 2.13. The third kappa shape index (κ3) is 1.43. The summed E-state index contributed by atoms with van der Waals surface area (Å²) in [6.07, 6.45) is 4.89. The quantitative estimate of drug-likeness (QED) is 0.825. The van der Waals surface area contributed by atoms with Gasteiger partial charge in [0.2, 0.25) is 0 Å². The molecular weight excluding hydrogens is 198 g/mol. The number of rotatable bonds is 3. The monoisotopic (exact) mass is 215 g/mol. The van der Waals surface area contributed by atoms with Crippen LogP contribution in [0.1, 0.15) is 36.4 Å². The van der Waals surface area contributed by atoms with Crippen LogP contribution in [-0.2, 0) is 6.42 Å². The minimum absolute atomic E-state index is 0.698. The zero-order valence-corrected chi connectivity index (χ0v) is 9.37. The van der Waals surface area contributed by atoms with Crippen LogP contribution in [0, 0.1) is 0 Å². The van der Waals surface area contributed by atoms with E-state index >= 15 is 0 Å². The molecule has 1 aliphatic carbocycles. The average Bonchev–Trinajstić information content (AvgIpc) is 2.61. The fourth-order valence-corrected chi connectivity index (χ4v) is 2.52. The zero-order valence-electron chi connectivity index (χ0n) is 9.37. The van der Waals surface area contributed by atoms with Crippen molar-refractivity contribution in [2.75, 3.05) is 6.54 Å². The molecule has 1 fully saturated rings. The normalized spacial score (nSPS) is 16.6. The van der Waals surface area contributed by atoms with Gasteiger partial charge in [0.1, 0.15) is 0 Å². The summed E-state index contributed by atoms with van der Waals surface area (Å²) >= 11 is 0. The van der Waals surface area contributed by atoms with Gasteiger partial charge >= 0.3 is 0 Å². The van der Waals surface area contributed by atoms with Crippen LogP contribution in [0.5, 0.6) is 0 Å². The number of benzene rings is 1. The molecule has 1 heterocycles. The maximum Gasteiger partial charge on any atom is 0.0926 e. The first-order valence-corrected chi connectivity index (χ1v) is 6.06. The molecule has 84 valence electrons. The molecule has 3 nitrogen and oxygen atoms in total. The van der Waals surface area contributed by atoms with Gasteiger partial charge in [-0.05, 0) is 37.4 Å². The molecule has 1 aliphatic rings. The molecule has 0 saturated heterocycles. The highest BCUT2D eigenvalue weighted by Crippen LogP contribution is 2.39. The van der Waals surface area contributed by atoms with Crippen molar-refractivity contribution in [3.63, 3.8) is 0 Å². The van der Waals surface area contributed by atoms with Gasteiger partial charge < -0.3 is 5.73 Å². The lowest BCUT2D eigenvalue weighted by Gasteiger charge is -2.24. The van der Waals surface area contributed by atoms with Crippen LogP contribution in [0.25, 0.3) is 10.9 Å². The van der Waals surface area contributed by atoms with Gasteiger partial charge in [-0.3, -0.25) is 5.10 Å². The largest absolute Gasteiger partial charge is 0.330 e. The molecule has 0 radical (unpaired) electrons. The molecule has 3 heteroatoms. The summed E-state index contributed by atoms with van der Waals surface area (Å²) in [6.45, 7) is 0.703. The van der Waals surface area contributed by atoms with Crippen molar-refractivity contribution in [2.45, 2.75) is 31.6 Å². The van der Waals surface area contributed by atoms with Crippen LogP contribution in [0.4, 0.5) is 0 Å². The Kier molecular flexibility index (Phi) is 2.40. The summed E-state index contributed by atoms with van der Waals surface area (Å²) in [6, 6.07) is 6.32. The van der Waals surface area contributed by atoms with Gasteiger partial charge in [0.15, 0.2) is 0 Å². The van der Waals surface area contributed by atoms with Crippen molar-refractivity contribution in [2.24, 2.45) is 5.73 Å². The first-order chi connectivity index (χ1) is 7.90. The van der Waals surface area contributed by atoms with Crippen LogP contribution in [0.3, 0.4) is 0 Å². The van der Waals surface area contributed by atoms with Crippen LogP contribution < -0.4 is 5.73 Å². The van der Waals surface area contributed by atoms with E-state index in [1.807, 2.05) is 0 Å². The van der Waals surface area contributed by atoms with Crippen molar-refractivity contribution >= 4 is 10.9 Å². The van der Waals surface area contributed by atoms with Gasteiger partial charge in [-0.1, -0.05) is 18.6 Å². The number of nitrogens with one attached hydrogen (secondary N) is 1. The van der Waals surface area contributed by atoms with E-state index in [9.17, 15) is 0 Å². The minimum Gasteiger partial charge on any atom is -0.330 e. The van der Waals surface area contributed by atoms with Crippen molar-refractivity contribution in [1.82, 2.24) is 10.2 Å². The first-order valence-electron chi connectivity index (χ1n) is 6.06. The topological polar surface area (TPSA) is 54.7 Å². The number of aromatic nitrogens is 2. The number of aromatic amines is 1. The number of hydrogen-bond acceptors (Lipinski definition) is 2. The van der Waals surface area contributed by atoms with Crippen LogP contribution in [0.2, 0.25) is 0 Å². The van der Waals surface area contributed by atoms with Gasteiger partial charge in [0, 0.05) is 17.0 Å². The molecule has 1 aromatic heterocycles. The lowest BCUT2D eigenvalue weighted by molar-refractivity contribution is 0.413. The standard InChI is InChI=1S/C13H17N3/c14-8-7-9-3-2-6-11-12(9)13(16-15-11)10-4-1-5-10/h2-3,6,10H,1,4-5,7-8,14H2,(H,15,16). The van der Waals surface area contributed by atoms with E-state index in [0.717, 1.165) is 11.9 Å². The summed E-state index contributed by atoms with van der Waals surface area (Å²) in [5, 5.41) is 8.95. The van der Waals surface area contributed by atoms with E-state index in [1.165, 1.54) is 35.9 Å². The Hall–Kier alpha value is -1.35. The lowest BCUT2D eigenvalue weighted by Crippen LogP contribution is -2.10. The van der Waals surface area contributed by atoms with Crippen molar-refractivity contribution in [3.05, 3.63) is 29.5 Å². The molecule has 0 spiro atoms. The maximum atomic E-state index is 5.66. The second-order valence-electron chi connectivity index (χ2n) is 4.62. The number of hydrogen-bond donors (Lipinski definition) is 2. The van der Waals surface area contributed by atoms with Crippen molar-refractivity contribution in [1.29, 1.82) is 0 Å². The summed E-state index contributed by atoms with van der Waals surface area (Å²) in [5.74, 6) is 0.698.